The summed E-state index contributed by atoms with van der Waals surface area (Å²) in [5, 5.41) is 11.4. The lowest BCUT2D eigenvalue weighted by Gasteiger charge is -2.12. The van der Waals surface area contributed by atoms with Gasteiger partial charge < -0.3 is 10.1 Å². The number of thioether (sulfide) groups is 1. The Hall–Kier alpha value is -1.78. The van der Waals surface area contributed by atoms with Crippen LogP contribution in [0.1, 0.15) is 17.2 Å². The zero-order valence-electron chi connectivity index (χ0n) is 10.8. The Kier molecular flexibility index (Phi) is 2.79. The summed E-state index contributed by atoms with van der Waals surface area (Å²) in [7, 11) is 0. The van der Waals surface area contributed by atoms with Crippen molar-refractivity contribution in [3.05, 3.63) is 59.7 Å². The number of aromatic amines is 1. The maximum absolute atomic E-state index is 10.4. The third kappa shape index (κ3) is 1.92. The van der Waals surface area contributed by atoms with E-state index >= 15 is 0 Å². The number of H-pyrrole nitrogens is 1. The van der Waals surface area contributed by atoms with Crippen LogP contribution in [-0.4, -0.2) is 20.3 Å². The zero-order chi connectivity index (χ0) is 13.5. The number of benzene rings is 2. The van der Waals surface area contributed by atoms with Crippen LogP contribution in [0.25, 0.3) is 11.0 Å². The smallest absolute Gasteiger partial charge is 0.166 e. The Morgan fingerprint density at radius 2 is 1.90 bits per heavy atom. The van der Waals surface area contributed by atoms with Crippen LogP contribution in [0.2, 0.25) is 0 Å². The number of para-hydroxylation sites is 2. The second-order valence-electron chi connectivity index (χ2n) is 5.06. The van der Waals surface area contributed by atoms with Crippen molar-refractivity contribution in [1.29, 1.82) is 0 Å². The van der Waals surface area contributed by atoms with E-state index in [1.807, 2.05) is 42.5 Å². The van der Waals surface area contributed by atoms with E-state index in [-0.39, 0.29) is 5.25 Å². The summed E-state index contributed by atoms with van der Waals surface area (Å²) in [6, 6.07) is 16.1. The Morgan fingerprint density at radius 3 is 2.75 bits per heavy atom. The van der Waals surface area contributed by atoms with Crippen molar-refractivity contribution in [1.82, 2.24) is 9.97 Å². The number of aromatic nitrogens is 2. The molecular weight excluding hydrogens is 268 g/mol. The third-order valence-electron chi connectivity index (χ3n) is 3.78. The normalized spacial score (nSPS) is 21.2. The molecule has 0 fully saturated rings. The molecule has 0 radical (unpaired) electrons. The number of nitrogens with zero attached hydrogens (tertiary/aromatic N) is 1. The Bertz CT molecular complexity index is 735. The summed E-state index contributed by atoms with van der Waals surface area (Å²) in [5.41, 5.74) is 4.31. The number of hydrogen-bond donors (Lipinski definition) is 2. The molecule has 1 aliphatic rings. The number of rotatable bonds is 2. The molecule has 1 aromatic heterocycles. The van der Waals surface area contributed by atoms with Crippen LogP contribution in [0.5, 0.6) is 0 Å². The standard InChI is InChI=1S/C16H14N2OS/c19-15-11-6-2-1-5-10(11)9-14(15)20-16-17-12-7-3-4-8-13(12)18-16/h1-8,14-15,19H,9H2,(H,17,18). The lowest BCUT2D eigenvalue weighted by Crippen LogP contribution is -2.09. The Labute approximate surface area is 121 Å². The summed E-state index contributed by atoms with van der Waals surface area (Å²) in [6.45, 7) is 0. The molecule has 3 aromatic rings. The fourth-order valence-electron chi connectivity index (χ4n) is 2.77. The minimum absolute atomic E-state index is 0.132. The van der Waals surface area contributed by atoms with Crippen LogP contribution in [0, 0.1) is 0 Å². The third-order valence-corrected chi connectivity index (χ3v) is 4.92. The van der Waals surface area contributed by atoms with Crippen LogP contribution < -0.4 is 0 Å². The molecule has 100 valence electrons. The highest BCUT2D eigenvalue weighted by atomic mass is 32.2. The molecule has 4 rings (SSSR count). The minimum Gasteiger partial charge on any atom is -0.387 e. The van der Waals surface area contributed by atoms with Gasteiger partial charge in [-0.25, -0.2) is 4.98 Å². The maximum atomic E-state index is 10.4. The van der Waals surface area contributed by atoms with Crippen LogP contribution in [0.15, 0.2) is 53.7 Å². The van der Waals surface area contributed by atoms with Gasteiger partial charge in [-0.15, -0.1) is 0 Å². The molecule has 2 aromatic carbocycles. The number of nitrogens with one attached hydrogen (secondary N) is 1. The molecule has 2 atom stereocenters. The van der Waals surface area contributed by atoms with Crippen molar-refractivity contribution in [3.8, 4) is 0 Å². The van der Waals surface area contributed by atoms with Gasteiger partial charge in [-0.05, 0) is 29.7 Å². The average molecular weight is 282 g/mol. The first kappa shape index (κ1) is 12.0. The summed E-state index contributed by atoms with van der Waals surface area (Å²) in [4.78, 5) is 7.88. The molecule has 0 aliphatic heterocycles. The van der Waals surface area contributed by atoms with E-state index in [4.69, 9.17) is 0 Å². The fourth-order valence-corrected chi connectivity index (χ4v) is 3.92. The van der Waals surface area contributed by atoms with Crippen molar-refractivity contribution < 1.29 is 5.11 Å². The highest BCUT2D eigenvalue weighted by molar-refractivity contribution is 7.99. The predicted molar refractivity (Wildman–Crippen MR) is 80.8 cm³/mol. The molecule has 1 heterocycles. The number of imidazole rings is 1. The average Bonchev–Trinajstić information content (AvgIpc) is 3.01. The lowest BCUT2D eigenvalue weighted by atomic mass is 10.1. The van der Waals surface area contributed by atoms with Gasteiger partial charge in [-0.3, -0.25) is 0 Å². The Balaban J connectivity index is 1.61. The molecule has 20 heavy (non-hydrogen) atoms. The van der Waals surface area contributed by atoms with Gasteiger partial charge in [0.15, 0.2) is 5.16 Å². The molecule has 0 bridgehead atoms. The van der Waals surface area contributed by atoms with Crippen molar-refractivity contribution in [3.63, 3.8) is 0 Å². The monoisotopic (exact) mass is 282 g/mol. The van der Waals surface area contributed by atoms with E-state index < -0.39 is 6.10 Å². The summed E-state index contributed by atoms with van der Waals surface area (Å²) < 4.78 is 0. The molecule has 0 saturated heterocycles. The van der Waals surface area contributed by atoms with Gasteiger partial charge in [0.1, 0.15) is 0 Å². The number of fused-ring (bicyclic) bond motifs is 2. The number of aliphatic hydroxyl groups excluding tert-OH is 1. The van der Waals surface area contributed by atoms with Gasteiger partial charge in [0.2, 0.25) is 0 Å². The van der Waals surface area contributed by atoms with Crippen molar-refractivity contribution >= 4 is 22.8 Å². The number of aliphatic hydroxyl groups is 1. The molecule has 4 heteroatoms. The van der Waals surface area contributed by atoms with E-state index in [9.17, 15) is 5.11 Å². The highest BCUT2D eigenvalue weighted by Crippen LogP contribution is 2.40. The predicted octanol–water partition coefficient (Wildman–Crippen LogP) is 3.31. The van der Waals surface area contributed by atoms with E-state index in [2.05, 4.69) is 16.0 Å². The second kappa shape index (κ2) is 4.65. The molecule has 0 saturated carbocycles. The van der Waals surface area contributed by atoms with E-state index in [1.165, 1.54) is 5.56 Å². The fraction of sp³-hybridized carbons (Fsp3) is 0.188. The first-order valence-electron chi connectivity index (χ1n) is 6.68. The molecule has 2 N–H and O–H groups in total. The first-order chi connectivity index (χ1) is 9.81. The quantitative estimate of drug-likeness (QED) is 0.758. The van der Waals surface area contributed by atoms with E-state index in [1.54, 1.807) is 11.8 Å². The molecule has 0 spiro atoms. The van der Waals surface area contributed by atoms with Gasteiger partial charge in [0.05, 0.1) is 17.1 Å². The molecule has 1 aliphatic carbocycles. The van der Waals surface area contributed by atoms with Crippen LogP contribution >= 0.6 is 11.8 Å². The van der Waals surface area contributed by atoms with Gasteiger partial charge in [0.25, 0.3) is 0 Å². The van der Waals surface area contributed by atoms with Gasteiger partial charge in [-0.1, -0.05) is 48.2 Å². The van der Waals surface area contributed by atoms with Crippen molar-refractivity contribution in [2.75, 3.05) is 0 Å². The second-order valence-corrected chi connectivity index (χ2v) is 6.29. The SMILES string of the molecule is OC1c2ccccc2CC1Sc1nc2ccccc2[nH]1. The maximum Gasteiger partial charge on any atom is 0.166 e. The first-order valence-corrected chi connectivity index (χ1v) is 7.56. The molecular formula is C16H14N2OS. The van der Waals surface area contributed by atoms with Gasteiger partial charge in [-0.2, -0.15) is 0 Å². The topological polar surface area (TPSA) is 48.9 Å². The summed E-state index contributed by atoms with van der Waals surface area (Å²) in [5.74, 6) is 0. The summed E-state index contributed by atoms with van der Waals surface area (Å²) >= 11 is 1.62. The minimum atomic E-state index is -0.413. The van der Waals surface area contributed by atoms with Gasteiger partial charge >= 0.3 is 0 Å². The van der Waals surface area contributed by atoms with Crippen molar-refractivity contribution in [2.45, 2.75) is 22.9 Å². The largest absolute Gasteiger partial charge is 0.387 e. The van der Waals surface area contributed by atoms with Crippen LogP contribution in [0.4, 0.5) is 0 Å². The summed E-state index contributed by atoms with van der Waals surface area (Å²) in [6.07, 6.45) is 0.475. The Morgan fingerprint density at radius 1 is 1.10 bits per heavy atom. The molecule has 0 amide bonds. The van der Waals surface area contributed by atoms with Crippen LogP contribution in [-0.2, 0) is 6.42 Å². The zero-order valence-corrected chi connectivity index (χ0v) is 11.6. The molecule has 3 nitrogen and oxygen atoms in total. The molecule has 2 unspecified atom stereocenters. The lowest BCUT2D eigenvalue weighted by molar-refractivity contribution is 0.185. The highest BCUT2D eigenvalue weighted by Gasteiger charge is 2.32. The van der Waals surface area contributed by atoms with E-state index in [0.717, 1.165) is 28.2 Å². The van der Waals surface area contributed by atoms with Crippen molar-refractivity contribution in [2.24, 2.45) is 0 Å². The van der Waals surface area contributed by atoms with Gasteiger partial charge in [0, 0.05) is 5.25 Å². The van der Waals surface area contributed by atoms with Crippen LogP contribution in [0.3, 0.4) is 0 Å². The number of hydrogen-bond acceptors (Lipinski definition) is 3. The van der Waals surface area contributed by atoms with E-state index in [0.29, 0.717) is 0 Å².